The second-order valence-electron chi connectivity index (χ2n) is 11.0. The van der Waals surface area contributed by atoms with E-state index in [1.807, 2.05) is 0 Å². The maximum Gasteiger partial charge on any atom is 0.0811 e. The van der Waals surface area contributed by atoms with E-state index in [0.29, 0.717) is 36.0 Å². The Hall–Kier alpha value is -0.900. The van der Waals surface area contributed by atoms with Gasteiger partial charge in [0.15, 0.2) is 0 Å². The summed E-state index contributed by atoms with van der Waals surface area (Å²) in [4.78, 5) is 0. The smallest absolute Gasteiger partial charge is 0.0811 e. The van der Waals surface area contributed by atoms with Crippen LogP contribution in [0.15, 0.2) is 35.5 Å². The SMILES string of the molecule is C=C1/C(=C\C=C2CCC[C@@]3(C)C2CC[C@@H]3[C@H](C)CC[C@@H](O)C(C)C)C[C@@H](O)C[C@H]1O. The van der Waals surface area contributed by atoms with E-state index in [4.69, 9.17) is 0 Å². The normalized spacial score (nSPS) is 39.5. The Kier molecular flexibility index (Phi) is 7.69. The molecule has 0 spiro atoms. The lowest BCUT2D eigenvalue weighted by atomic mass is 9.60. The molecule has 3 saturated carbocycles. The molecule has 0 aromatic rings. The Morgan fingerprint density at radius 1 is 1.13 bits per heavy atom. The van der Waals surface area contributed by atoms with Crippen LogP contribution in [-0.2, 0) is 0 Å². The van der Waals surface area contributed by atoms with Gasteiger partial charge in [-0.3, -0.25) is 0 Å². The molecular formula is C27H44O3. The predicted octanol–water partition coefficient (Wildman–Crippen LogP) is 5.56. The average Bonchev–Trinajstić information content (AvgIpc) is 3.04. The van der Waals surface area contributed by atoms with Crippen LogP contribution in [-0.4, -0.2) is 33.6 Å². The number of hydrogen-bond acceptors (Lipinski definition) is 3. The molecule has 0 aromatic carbocycles. The van der Waals surface area contributed by atoms with E-state index < -0.39 is 12.2 Å². The first-order chi connectivity index (χ1) is 14.1. The van der Waals surface area contributed by atoms with Crippen LogP contribution in [0.25, 0.3) is 0 Å². The van der Waals surface area contributed by atoms with Crippen LogP contribution in [0.1, 0.15) is 85.5 Å². The highest BCUT2D eigenvalue weighted by atomic mass is 16.3. The quantitative estimate of drug-likeness (QED) is 0.531. The Balaban J connectivity index is 1.72. The van der Waals surface area contributed by atoms with Gasteiger partial charge in [0.1, 0.15) is 0 Å². The molecule has 3 N–H and O–H groups in total. The van der Waals surface area contributed by atoms with Gasteiger partial charge < -0.3 is 15.3 Å². The van der Waals surface area contributed by atoms with E-state index in [1.54, 1.807) is 5.57 Å². The fraction of sp³-hybridized carbons (Fsp3) is 0.778. The first-order valence-electron chi connectivity index (χ1n) is 12.3. The van der Waals surface area contributed by atoms with Crippen molar-refractivity contribution in [3.8, 4) is 0 Å². The van der Waals surface area contributed by atoms with Crippen molar-refractivity contribution in [2.45, 2.75) is 104 Å². The van der Waals surface area contributed by atoms with Crippen molar-refractivity contribution in [3.05, 3.63) is 35.5 Å². The van der Waals surface area contributed by atoms with Gasteiger partial charge in [0.2, 0.25) is 0 Å². The van der Waals surface area contributed by atoms with Crippen molar-refractivity contribution in [1.29, 1.82) is 0 Å². The summed E-state index contributed by atoms with van der Waals surface area (Å²) in [5.74, 6) is 2.35. The van der Waals surface area contributed by atoms with Crippen molar-refractivity contribution in [2.75, 3.05) is 0 Å². The number of hydrogen-bond donors (Lipinski definition) is 3. The Morgan fingerprint density at radius 3 is 2.57 bits per heavy atom. The summed E-state index contributed by atoms with van der Waals surface area (Å²) in [5, 5.41) is 30.4. The third kappa shape index (κ3) is 4.95. The summed E-state index contributed by atoms with van der Waals surface area (Å²) >= 11 is 0. The maximum atomic E-state index is 10.3. The number of rotatable bonds is 6. The van der Waals surface area contributed by atoms with Gasteiger partial charge in [-0.2, -0.15) is 0 Å². The fourth-order valence-corrected chi connectivity index (χ4v) is 6.65. The van der Waals surface area contributed by atoms with Gasteiger partial charge in [-0.1, -0.05) is 52.0 Å². The topological polar surface area (TPSA) is 60.7 Å². The molecule has 0 aromatic heterocycles. The second-order valence-corrected chi connectivity index (χ2v) is 11.0. The molecule has 7 atom stereocenters. The van der Waals surface area contributed by atoms with Gasteiger partial charge in [0.05, 0.1) is 18.3 Å². The monoisotopic (exact) mass is 416 g/mol. The van der Waals surface area contributed by atoms with Gasteiger partial charge >= 0.3 is 0 Å². The minimum Gasteiger partial charge on any atom is -0.393 e. The first kappa shape index (κ1) is 23.8. The van der Waals surface area contributed by atoms with Crippen molar-refractivity contribution < 1.29 is 15.3 Å². The molecule has 30 heavy (non-hydrogen) atoms. The van der Waals surface area contributed by atoms with Crippen molar-refractivity contribution in [2.24, 2.45) is 29.1 Å². The lowest BCUT2D eigenvalue weighted by molar-refractivity contribution is 0.0717. The zero-order valence-electron chi connectivity index (χ0n) is 19.6. The minimum absolute atomic E-state index is 0.180. The number of aliphatic hydroxyl groups excluding tert-OH is 3. The van der Waals surface area contributed by atoms with E-state index in [0.717, 1.165) is 36.3 Å². The third-order valence-electron chi connectivity index (χ3n) is 8.68. The maximum absolute atomic E-state index is 10.3. The van der Waals surface area contributed by atoms with Crippen LogP contribution in [0.2, 0.25) is 0 Å². The summed E-state index contributed by atoms with van der Waals surface area (Å²) < 4.78 is 0. The van der Waals surface area contributed by atoms with Gasteiger partial charge in [-0.05, 0) is 91.6 Å². The van der Waals surface area contributed by atoms with Crippen molar-refractivity contribution in [1.82, 2.24) is 0 Å². The van der Waals surface area contributed by atoms with E-state index in [1.165, 1.54) is 25.7 Å². The number of allylic oxidation sites excluding steroid dienone is 3. The summed E-state index contributed by atoms with van der Waals surface area (Å²) in [6, 6.07) is 0. The molecule has 3 fully saturated rings. The molecule has 0 saturated heterocycles. The van der Waals surface area contributed by atoms with Crippen LogP contribution in [0.5, 0.6) is 0 Å². The lowest BCUT2D eigenvalue weighted by Crippen LogP contribution is -2.36. The van der Waals surface area contributed by atoms with Crippen molar-refractivity contribution >= 4 is 0 Å². The molecule has 1 unspecified atom stereocenters. The molecule has 3 heteroatoms. The van der Waals surface area contributed by atoms with E-state index >= 15 is 0 Å². The van der Waals surface area contributed by atoms with E-state index in [-0.39, 0.29) is 6.10 Å². The van der Waals surface area contributed by atoms with Gasteiger partial charge in [0.25, 0.3) is 0 Å². The Bertz CT molecular complexity index is 676. The minimum atomic E-state index is -0.618. The fourth-order valence-electron chi connectivity index (χ4n) is 6.65. The summed E-state index contributed by atoms with van der Waals surface area (Å²) in [6.07, 6.45) is 12.4. The highest BCUT2D eigenvalue weighted by molar-refractivity contribution is 5.38. The van der Waals surface area contributed by atoms with Crippen LogP contribution in [0, 0.1) is 29.1 Å². The van der Waals surface area contributed by atoms with Crippen LogP contribution < -0.4 is 0 Å². The molecular weight excluding hydrogens is 372 g/mol. The highest BCUT2D eigenvalue weighted by Crippen LogP contribution is 2.60. The number of aliphatic hydroxyl groups is 3. The highest BCUT2D eigenvalue weighted by Gasteiger charge is 2.50. The Labute approximate surface area is 184 Å². The van der Waals surface area contributed by atoms with Crippen LogP contribution >= 0.6 is 0 Å². The third-order valence-corrected chi connectivity index (χ3v) is 8.68. The Morgan fingerprint density at radius 2 is 1.87 bits per heavy atom. The summed E-state index contributed by atoms with van der Waals surface area (Å²) in [7, 11) is 0. The molecule has 0 heterocycles. The lowest BCUT2D eigenvalue weighted by Gasteiger charge is -2.44. The first-order valence-corrected chi connectivity index (χ1v) is 12.3. The summed E-state index contributed by atoms with van der Waals surface area (Å²) in [6.45, 7) is 13.2. The second kappa shape index (κ2) is 9.71. The molecule has 3 aliphatic rings. The summed E-state index contributed by atoms with van der Waals surface area (Å²) in [5.41, 5.74) is 3.69. The molecule has 3 rings (SSSR count). The standard InChI is InChI=1S/C27H44O3/c1-17(2)25(29)13-8-18(3)23-11-12-24-20(7-6-14-27(23,24)5)9-10-21-15-22(28)16-26(30)19(21)4/h9-10,17-18,22-26,28-30H,4,6-8,11-16H2,1-3,5H3/b20-9?,21-10-/t18-,22-,23-,24?,25-,26-,27-/m1/s1. The molecule has 0 bridgehead atoms. The zero-order chi connectivity index (χ0) is 22.1. The average molecular weight is 417 g/mol. The van der Waals surface area contributed by atoms with E-state index in [2.05, 4.69) is 46.4 Å². The predicted molar refractivity (Wildman–Crippen MR) is 124 cm³/mol. The number of fused-ring (bicyclic) bond motifs is 1. The molecule has 0 radical (unpaired) electrons. The van der Waals surface area contributed by atoms with Crippen molar-refractivity contribution in [3.63, 3.8) is 0 Å². The van der Waals surface area contributed by atoms with Gasteiger partial charge in [0, 0.05) is 6.42 Å². The molecule has 0 amide bonds. The molecule has 3 aliphatic carbocycles. The van der Waals surface area contributed by atoms with Gasteiger partial charge in [-0.15, -0.1) is 0 Å². The van der Waals surface area contributed by atoms with E-state index in [9.17, 15) is 15.3 Å². The molecule has 3 nitrogen and oxygen atoms in total. The van der Waals surface area contributed by atoms with Crippen LogP contribution in [0.3, 0.4) is 0 Å². The molecule has 170 valence electrons. The zero-order valence-corrected chi connectivity index (χ0v) is 19.6. The van der Waals surface area contributed by atoms with Gasteiger partial charge in [-0.25, -0.2) is 0 Å². The van der Waals surface area contributed by atoms with Crippen LogP contribution in [0.4, 0.5) is 0 Å². The largest absolute Gasteiger partial charge is 0.393 e. The molecule has 0 aliphatic heterocycles.